The zero-order chi connectivity index (χ0) is 14.8. The van der Waals surface area contributed by atoms with Crippen LogP contribution in [0.15, 0.2) is 0 Å². The van der Waals surface area contributed by atoms with Gasteiger partial charge >= 0.3 is 0 Å². The van der Waals surface area contributed by atoms with Crippen LogP contribution in [0.2, 0.25) is 0 Å². The second-order valence-corrected chi connectivity index (χ2v) is 6.39. The van der Waals surface area contributed by atoms with E-state index in [1.54, 1.807) is 0 Å². The Labute approximate surface area is 126 Å². The molecule has 0 aliphatic heterocycles. The monoisotopic (exact) mass is 284 g/mol. The zero-order valence-electron chi connectivity index (χ0n) is 14.2. The van der Waals surface area contributed by atoms with E-state index in [0.717, 1.165) is 25.0 Å². The molecule has 120 valence electrons. The second-order valence-electron chi connectivity index (χ2n) is 6.39. The van der Waals surface area contributed by atoms with Gasteiger partial charge in [0.05, 0.1) is 12.2 Å². The fourth-order valence-electron chi connectivity index (χ4n) is 3.01. The zero-order valence-corrected chi connectivity index (χ0v) is 14.2. The summed E-state index contributed by atoms with van der Waals surface area (Å²) in [4.78, 5) is 0. The normalized spacial score (nSPS) is 23.7. The van der Waals surface area contributed by atoms with Gasteiger partial charge in [-0.2, -0.15) is 0 Å². The largest absolute Gasteiger partial charge is 0.375 e. The smallest absolute Gasteiger partial charge is 0.0836 e. The molecule has 0 amide bonds. The van der Waals surface area contributed by atoms with Crippen molar-refractivity contribution in [3.63, 3.8) is 0 Å². The van der Waals surface area contributed by atoms with Gasteiger partial charge in [0.1, 0.15) is 0 Å². The van der Waals surface area contributed by atoms with Gasteiger partial charge in [0.2, 0.25) is 0 Å². The molecule has 2 unspecified atom stereocenters. The molecule has 0 saturated heterocycles. The summed E-state index contributed by atoms with van der Waals surface area (Å²) in [5, 5.41) is 0. The predicted molar refractivity (Wildman–Crippen MR) is 86.1 cm³/mol. The lowest BCUT2D eigenvalue weighted by molar-refractivity contribution is -0.107. The van der Waals surface area contributed by atoms with Crippen LogP contribution in [0.3, 0.4) is 0 Å². The Kier molecular flexibility index (Phi) is 9.54. The molecule has 0 spiro atoms. The van der Waals surface area contributed by atoms with E-state index in [-0.39, 0.29) is 0 Å². The number of rotatable bonds is 10. The fourth-order valence-corrected chi connectivity index (χ4v) is 3.01. The lowest BCUT2D eigenvalue weighted by Gasteiger charge is -2.33. The van der Waals surface area contributed by atoms with E-state index in [1.165, 1.54) is 51.4 Å². The summed E-state index contributed by atoms with van der Waals surface area (Å²) in [6, 6.07) is 0. The first-order valence-corrected chi connectivity index (χ1v) is 8.98. The highest BCUT2D eigenvalue weighted by molar-refractivity contribution is 4.77. The maximum Gasteiger partial charge on any atom is 0.0836 e. The number of ether oxygens (including phenoxy) is 2. The maximum atomic E-state index is 6.21. The molecule has 1 saturated carbocycles. The topological polar surface area (TPSA) is 18.5 Å². The van der Waals surface area contributed by atoms with Crippen molar-refractivity contribution < 1.29 is 9.47 Å². The van der Waals surface area contributed by atoms with Gasteiger partial charge in [0, 0.05) is 13.2 Å². The van der Waals surface area contributed by atoms with Crippen molar-refractivity contribution in [1.29, 1.82) is 0 Å². The van der Waals surface area contributed by atoms with Crippen molar-refractivity contribution in [2.24, 2.45) is 11.8 Å². The van der Waals surface area contributed by atoms with Crippen LogP contribution in [0.1, 0.15) is 79.1 Å². The molecule has 2 nitrogen and oxygen atoms in total. The molecular weight excluding hydrogens is 248 g/mol. The summed E-state index contributed by atoms with van der Waals surface area (Å²) in [5.41, 5.74) is 0. The highest BCUT2D eigenvalue weighted by Crippen LogP contribution is 2.26. The Morgan fingerprint density at radius 1 is 0.700 bits per heavy atom. The van der Waals surface area contributed by atoms with Crippen LogP contribution in [0, 0.1) is 11.8 Å². The number of hydrogen-bond acceptors (Lipinski definition) is 2. The van der Waals surface area contributed by atoms with Gasteiger partial charge in [0.25, 0.3) is 0 Å². The lowest BCUT2D eigenvalue weighted by Crippen LogP contribution is -2.37. The Morgan fingerprint density at radius 2 is 1.05 bits per heavy atom. The molecule has 0 aromatic heterocycles. The third kappa shape index (κ3) is 6.13. The molecule has 0 bridgehead atoms. The van der Waals surface area contributed by atoms with Gasteiger partial charge in [0.15, 0.2) is 0 Å². The molecule has 1 aliphatic rings. The molecule has 2 heteroatoms. The van der Waals surface area contributed by atoms with E-state index in [4.69, 9.17) is 9.47 Å². The van der Waals surface area contributed by atoms with E-state index in [0.29, 0.717) is 12.2 Å². The van der Waals surface area contributed by atoms with Crippen LogP contribution in [-0.4, -0.2) is 25.4 Å². The van der Waals surface area contributed by atoms with E-state index >= 15 is 0 Å². The summed E-state index contributed by atoms with van der Waals surface area (Å²) in [6.07, 6.45) is 10.6. The third-order valence-electron chi connectivity index (χ3n) is 5.04. The first-order chi connectivity index (χ1) is 9.74. The van der Waals surface area contributed by atoms with Crippen LogP contribution in [-0.2, 0) is 9.47 Å². The van der Waals surface area contributed by atoms with Crippen LogP contribution in [0.4, 0.5) is 0 Å². The molecule has 1 fully saturated rings. The summed E-state index contributed by atoms with van der Waals surface area (Å²) < 4.78 is 12.4. The molecule has 0 heterocycles. The summed E-state index contributed by atoms with van der Waals surface area (Å²) in [7, 11) is 0. The van der Waals surface area contributed by atoms with Crippen LogP contribution >= 0.6 is 0 Å². The highest BCUT2D eigenvalue weighted by Gasteiger charge is 2.27. The SMILES string of the molecule is CCC(CC)COC1CCCCC1OCC(CC)CC. The molecule has 0 radical (unpaired) electrons. The van der Waals surface area contributed by atoms with E-state index in [9.17, 15) is 0 Å². The Hall–Kier alpha value is -0.0800. The highest BCUT2D eigenvalue weighted by atomic mass is 16.5. The van der Waals surface area contributed by atoms with E-state index < -0.39 is 0 Å². The molecule has 2 atom stereocenters. The Morgan fingerprint density at radius 3 is 1.35 bits per heavy atom. The minimum atomic E-state index is 0.346. The van der Waals surface area contributed by atoms with Crippen molar-refractivity contribution in [3.8, 4) is 0 Å². The second kappa shape index (κ2) is 10.6. The molecule has 20 heavy (non-hydrogen) atoms. The molecule has 0 N–H and O–H groups in total. The van der Waals surface area contributed by atoms with Crippen LogP contribution in [0.25, 0.3) is 0 Å². The summed E-state index contributed by atoms with van der Waals surface area (Å²) >= 11 is 0. The van der Waals surface area contributed by atoms with Crippen LogP contribution < -0.4 is 0 Å². The molecule has 1 rings (SSSR count). The van der Waals surface area contributed by atoms with Gasteiger partial charge in [-0.25, -0.2) is 0 Å². The molecular formula is C18H36O2. The van der Waals surface area contributed by atoms with Gasteiger partial charge in [-0.1, -0.05) is 66.2 Å². The average Bonchev–Trinajstić information content (AvgIpc) is 2.50. The maximum absolute atomic E-state index is 6.21. The summed E-state index contributed by atoms with van der Waals surface area (Å²) in [5.74, 6) is 1.44. The van der Waals surface area contributed by atoms with Gasteiger partial charge in [-0.15, -0.1) is 0 Å². The van der Waals surface area contributed by atoms with Crippen molar-refractivity contribution in [2.75, 3.05) is 13.2 Å². The van der Waals surface area contributed by atoms with Crippen molar-refractivity contribution in [3.05, 3.63) is 0 Å². The van der Waals surface area contributed by atoms with Crippen LogP contribution in [0.5, 0.6) is 0 Å². The van der Waals surface area contributed by atoms with E-state index in [1.807, 2.05) is 0 Å². The quantitative estimate of drug-likeness (QED) is 0.548. The predicted octanol–water partition coefficient (Wildman–Crippen LogP) is 5.20. The van der Waals surface area contributed by atoms with E-state index in [2.05, 4.69) is 27.7 Å². The average molecular weight is 284 g/mol. The van der Waals surface area contributed by atoms with Crippen molar-refractivity contribution in [2.45, 2.75) is 91.3 Å². The molecule has 1 aliphatic carbocycles. The standard InChI is InChI=1S/C18H36O2/c1-5-15(6-2)13-19-17-11-9-10-12-18(17)20-14-16(7-3)8-4/h15-18H,5-14H2,1-4H3. The lowest BCUT2D eigenvalue weighted by atomic mass is 9.94. The van der Waals surface area contributed by atoms with Crippen molar-refractivity contribution >= 4 is 0 Å². The first kappa shape index (κ1) is 18.0. The fraction of sp³-hybridized carbons (Fsp3) is 1.00. The molecule has 0 aromatic carbocycles. The molecule has 0 aromatic rings. The third-order valence-corrected chi connectivity index (χ3v) is 5.04. The first-order valence-electron chi connectivity index (χ1n) is 8.98. The Bertz CT molecular complexity index is 197. The minimum Gasteiger partial charge on any atom is -0.375 e. The van der Waals surface area contributed by atoms with Gasteiger partial charge < -0.3 is 9.47 Å². The van der Waals surface area contributed by atoms with Gasteiger partial charge in [-0.3, -0.25) is 0 Å². The number of hydrogen-bond donors (Lipinski definition) is 0. The van der Waals surface area contributed by atoms with Crippen molar-refractivity contribution in [1.82, 2.24) is 0 Å². The minimum absolute atomic E-state index is 0.346. The summed E-state index contributed by atoms with van der Waals surface area (Å²) in [6.45, 7) is 10.9. The van der Waals surface area contributed by atoms with Gasteiger partial charge in [-0.05, 0) is 24.7 Å². The Balaban J connectivity index is 2.37.